The Morgan fingerprint density at radius 3 is 2.72 bits per heavy atom. The summed E-state index contributed by atoms with van der Waals surface area (Å²) in [7, 11) is 0. The number of pyridine rings is 1. The van der Waals surface area contributed by atoms with Gasteiger partial charge < -0.3 is 0 Å². The molecule has 2 aromatic carbocycles. The first-order valence-electron chi connectivity index (χ1n) is 5.28. The molecule has 0 bridgehead atoms. The summed E-state index contributed by atoms with van der Waals surface area (Å²) in [5, 5.41) is 12.5. The Morgan fingerprint density at radius 2 is 1.94 bits per heavy atom. The highest BCUT2D eigenvalue weighted by Gasteiger charge is 2.08. The molecule has 3 rings (SSSR count). The molecule has 3 aromatic rings. The van der Waals surface area contributed by atoms with Crippen LogP contribution < -0.4 is 0 Å². The van der Waals surface area contributed by atoms with E-state index in [2.05, 4.69) is 20.9 Å². The predicted molar refractivity (Wildman–Crippen MR) is 73.6 cm³/mol. The van der Waals surface area contributed by atoms with Crippen molar-refractivity contribution in [1.82, 2.24) is 4.98 Å². The van der Waals surface area contributed by atoms with Crippen LogP contribution in [-0.2, 0) is 0 Å². The van der Waals surface area contributed by atoms with Crippen molar-refractivity contribution in [3.8, 4) is 0 Å². The van der Waals surface area contributed by atoms with Gasteiger partial charge in [-0.2, -0.15) is 0 Å². The maximum atomic E-state index is 10.7. The van der Waals surface area contributed by atoms with E-state index in [0.29, 0.717) is 0 Å². The van der Waals surface area contributed by atoms with Crippen LogP contribution in [-0.4, -0.2) is 9.91 Å². The summed E-state index contributed by atoms with van der Waals surface area (Å²) in [5.74, 6) is 0. The number of hydrogen-bond acceptors (Lipinski definition) is 3. The van der Waals surface area contributed by atoms with Crippen LogP contribution in [0.3, 0.4) is 0 Å². The van der Waals surface area contributed by atoms with Crippen LogP contribution >= 0.6 is 15.9 Å². The number of fused-ring (bicyclic) bond motifs is 2. The molecule has 18 heavy (non-hydrogen) atoms. The molecule has 0 N–H and O–H groups in total. The molecule has 0 atom stereocenters. The molecule has 1 aromatic heterocycles. The third-order valence-corrected chi connectivity index (χ3v) is 3.42. The van der Waals surface area contributed by atoms with Gasteiger partial charge in [0.05, 0.1) is 16.0 Å². The molecule has 0 fully saturated rings. The van der Waals surface area contributed by atoms with E-state index in [1.807, 2.05) is 24.3 Å². The van der Waals surface area contributed by atoms with Gasteiger partial charge in [0.1, 0.15) is 0 Å². The van der Waals surface area contributed by atoms with E-state index >= 15 is 0 Å². The summed E-state index contributed by atoms with van der Waals surface area (Å²) >= 11 is 3.45. The third kappa shape index (κ3) is 1.73. The molecule has 1 heterocycles. The van der Waals surface area contributed by atoms with E-state index in [-0.39, 0.29) is 5.69 Å². The van der Waals surface area contributed by atoms with E-state index in [9.17, 15) is 10.1 Å². The number of nitro groups is 1. The number of benzene rings is 2. The number of halogens is 1. The average molecular weight is 303 g/mol. The number of hydrogen-bond donors (Lipinski definition) is 0. The quantitative estimate of drug-likeness (QED) is 0.387. The summed E-state index contributed by atoms with van der Waals surface area (Å²) in [5.41, 5.74) is 1.69. The molecule has 0 spiro atoms. The van der Waals surface area contributed by atoms with Crippen LogP contribution in [0.4, 0.5) is 5.69 Å². The lowest BCUT2D eigenvalue weighted by Gasteiger charge is -2.03. The number of para-hydroxylation sites is 1. The summed E-state index contributed by atoms with van der Waals surface area (Å²) in [6.07, 6.45) is 0. The maximum Gasteiger partial charge on any atom is 0.270 e. The number of non-ortho nitro benzene ring substituents is 1. The summed E-state index contributed by atoms with van der Waals surface area (Å²) in [6, 6.07) is 12.4. The molecule has 0 saturated heterocycles. The maximum absolute atomic E-state index is 10.7. The monoisotopic (exact) mass is 302 g/mol. The molecule has 0 aliphatic rings. The largest absolute Gasteiger partial charge is 0.270 e. The van der Waals surface area contributed by atoms with Crippen LogP contribution in [0, 0.1) is 10.1 Å². The van der Waals surface area contributed by atoms with Crippen molar-refractivity contribution in [1.29, 1.82) is 0 Å². The average Bonchev–Trinajstić information content (AvgIpc) is 2.36. The van der Waals surface area contributed by atoms with E-state index in [4.69, 9.17) is 0 Å². The topological polar surface area (TPSA) is 56.0 Å². The van der Waals surface area contributed by atoms with E-state index < -0.39 is 4.92 Å². The standard InChI is InChI=1S/C13H7BrN2O2/c14-11-3-1-2-8-6-9-7-10(16(17)18)4-5-12(9)15-13(8)11/h1-7H. The van der Waals surface area contributed by atoms with Crippen molar-refractivity contribution in [3.05, 3.63) is 57.1 Å². The van der Waals surface area contributed by atoms with Gasteiger partial charge in [-0.25, -0.2) is 4.98 Å². The van der Waals surface area contributed by atoms with Crippen molar-refractivity contribution >= 4 is 43.4 Å². The zero-order valence-corrected chi connectivity index (χ0v) is 10.7. The highest BCUT2D eigenvalue weighted by molar-refractivity contribution is 9.10. The van der Waals surface area contributed by atoms with Gasteiger partial charge in [0.25, 0.3) is 5.69 Å². The summed E-state index contributed by atoms with van der Waals surface area (Å²) in [4.78, 5) is 14.8. The summed E-state index contributed by atoms with van der Waals surface area (Å²) in [6.45, 7) is 0. The molecule has 0 saturated carbocycles. The highest BCUT2D eigenvalue weighted by atomic mass is 79.9. The van der Waals surface area contributed by atoms with Gasteiger partial charge in [-0.1, -0.05) is 12.1 Å². The SMILES string of the molecule is O=[N+]([O-])c1ccc2nc3c(Br)cccc3cc2c1. The van der Waals surface area contributed by atoms with Gasteiger partial charge in [0.2, 0.25) is 0 Å². The molecule has 0 aliphatic heterocycles. The van der Waals surface area contributed by atoms with Gasteiger partial charge in [-0.15, -0.1) is 0 Å². The molecule has 0 amide bonds. The minimum absolute atomic E-state index is 0.0821. The molecule has 5 heteroatoms. The number of nitro benzene ring substituents is 1. The molecular formula is C13H7BrN2O2. The summed E-state index contributed by atoms with van der Waals surface area (Å²) < 4.78 is 0.917. The Kier molecular flexibility index (Phi) is 2.48. The Bertz CT molecular complexity index is 786. The zero-order valence-electron chi connectivity index (χ0n) is 9.13. The van der Waals surface area contributed by atoms with Gasteiger partial charge in [0.15, 0.2) is 0 Å². The normalized spacial score (nSPS) is 10.9. The van der Waals surface area contributed by atoms with Crippen molar-refractivity contribution < 1.29 is 4.92 Å². The van der Waals surface area contributed by atoms with Crippen LogP contribution in [0.5, 0.6) is 0 Å². The first kappa shape index (κ1) is 11.1. The van der Waals surface area contributed by atoms with Crippen molar-refractivity contribution in [2.45, 2.75) is 0 Å². The molecular weight excluding hydrogens is 296 g/mol. The third-order valence-electron chi connectivity index (χ3n) is 2.78. The number of nitrogens with zero attached hydrogens (tertiary/aromatic N) is 2. The van der Waals surface area contributed by atoms with Gasteiger partial charge in [0, 0.05) is 27.4 Å². The minimum Gasteiger partial charge on any atom is -0.258 e. The van der Waals surface area contributed by atoms with Gasteiger partial charge in [-0.3, -0.25) is 10.1 Å². The minimum atomic E-state index is -0.398. The zero-order chi connectivity index (χ0) is 12.7. The van der Waals surface area contributed by atoms with Gasteiger partial charge >= 0.3 is 0 Å². The Morgan fingerprint density at radius 1 is 1.11 bits per heavy atom. The second-order valence-electron chi connectivity index (χ2n) is 3.93. The predicted octanol–water partition coefficient (Wildman–Crippen LogP) is 4.06. The van der Waals surface area contributed by atoms with Crippen molar-refractivity contribution in [2.75, 3.05) is 0 Å². The van der Waals surface area contributed by atoms with E-state index in [1.165, 1.54) is 6.07 Å². The van der Waals surface area contributed by atoms with Crippen LogP contribution in [0.1, 0.15) is 0 Å². The highest BCUT2D eigenvalue weighted by Crippen LogP contribution is 2.27. The van der Waals surface area contributed by atoms with Crippen LogP contribution in [0.15, 0.2) is 46.9 Å². The molecule has 88 valence electrons. The first-order valence-corrected chi connectivity index (χ1v) is 6.08. The lowest BCUT2D eigenvalue weighted by molar-refractivity contribution is -0.384. The second kappa shape index (κ2) is 4.03. The number of aromatic nitrogens is 1. The lowest BCUT2D eigenvalue weighted by atomic mass is 10.1. The van der Waals surface area contributed by atoms with Crippen molar-refractivity contribution in [2.24, 2.45) is 0 Å². The van der Waals surface area contributed by atoms with Crippen molar-refractivity contribution in [3.63, 3.8) is 0 Å². The fourth-order valence-corrected chi connectivity index (χ4v) is 2.40. The second-order valence-corrected chi connectivity index (χ2v) is 4.79. The fourth-order valence-electron chi connectivity index (χ4n) is 1.93. The van der Waals surface area contributed by atoms with Gasteiger partial charge in [-0.05, 0) is 34.1 Å². The van der Waals surface area contributed by atoms with Crippen LogP contribution in [0.25, 0.3) is 21.8 Å². The Balaban J connectivity index is 2.38. The Hall–Kier alpha value is -2.01. The molecule has 0 aliphatic carbocycles. The molecule has 4 nitrogen and oxygen atoms in total. The van der Waals surface area contributed by atoms with E-state index in [0.717, 1.165) is 26.3 Å². The smallest absolute Gasteiger partial charge is 0.258 e. The van der Waals surface area contributed by atoms with E-state index in [1.54, 1.807) is 12.1 Å². The Labute approximate surface area is 111 Å². The number of rotatable bonds is 1. The molecule has 0 unspecified atom stereocenters. The molecule has 0 radical (unpaired) electrons. The lowest BCUT2D eigenvalue weighted by Crippen LogP contribution is -1.89. The fraction of sp³-hybridized carbons (Fsp3) is 0. The first-order chi connectivity index (χ1) is 8.65. The van der Waals surface area contributed by atoms with Crippen LogP contribution in [0.2, 0.25) is 0 Å².